The number of anilines is 1. The Morgan fingerprint density at radius 3 is 2.24 bits per heavy atom. The second kappa shape index (κ2) is 5.56. The van der Waals surface area contributed by atoms with Crippen LogP contribution in [-0.2, 0) is 18.4 Å². The van der Waals surface area contributed by atoms with E-state index in [0.717, 1.165) is 43.0 Å². The quantitative estimate of drug-likeness (QED) is 0.851. The molecule has 1 aromatic rings. The first kappa shape index (κ1) is 14.1. The lowest BCUT2D eigenvalue weighted by Crippen LogP contribution is -2.25. The largest absolute Gasteiger partial charge is 0.384 e. The standard InChI is InChI=1S/C14H27N3/c1-6-8-10-11-13(15)17(14(3,4)5)12(16-11)9-7-2/h6-10,15H2,1-5H3. The Balaban J connectivity index is 3.11. The maximum Gasteiger partial charge on any atom is 0.127 e. The van der Waals surface area contributed by atoms with Crippen LogP contribution < -0.4 is 5.73 Å². The van der Waals surface area contributed by atoms with Crippen LogP contribution in [-0.4, -0.2) is 9.55 Å². The van der Waals surface area contributed by atoms with Crippen LogP contribution in [0.25, 0.3) is 0 Å². The van der Waals surface area contributed by atoms with E-state index in [1.807, 2.05) is 0 Å². The van der Waals surface area contributed by atoms with Crippen molar-refractivity contribution in [1.82, 2.24) is 9.55 Å². The van der Waals surface area contributed by atoms with E-state index in [0.29, 0.717) is 0 Å². The molecule has 1 rings (SSSR count). The molecular formula is C14H27N3. The lowest BCUT2D eigenvalue weighted by atomic mass is 10.1. The minimum Gasteiger partial charge on any atom is -0.384 e. The van der Waals surface area contributed by atoms with Gasteiger partial charge in [0.1, 0.15) is 11.6 Å². The molecule has 0 saturated carbocycles. The van der Waals surface area contributed by atoms with Crippen molar-refractivity contribution in [3.63, 3.8) is 0 Å². The molecule has 17 heavy (non-hydrogen) atoms. The van der Waals surface area contributed by atoms with Gasteiger partial charge in [0, 0.05) is 12.0 Å². The zero-order chi connectivity index (χ0) is 13.1. The zero-order valence-corrected chi connectivity index (χ0v) is 12.0. The number of hydrogen-bond acceptors (Lipinski definition) is 2. The highest BCUT2D eigenvalue weighted by atomic mass is 15.2. The molecular weight excluding hydrogens is 210 g/mol. The van der Waals surface area contributed by atoms with Crippen LogP contribution in [0.15, 0.2) is 0 Å². The number of nitrogens with zero attached hydrogens (tertiary/aromatic N) is 2. The van der Waals surface area contributed by atoms with E-state index in [1.165, 1.54) is 6.42 Å². The number of nitrogens with two attached hydrogens (primary N) is 1. The maximum absolute atomic E-state index is 6.26. The van der Waals surface area contributed by atoms with Crippen molar-refractivity contribution in [2.75, 3.05) is 5.73 Å². The molecule has 1 heterocycles. The molecule has 3 heteroatoms. The van der Waals surface area contributed by atoms with E-state index >= 15 is 0 Å². The summed E-state index contributed by atoms with van der Waals surface area (Å²) in [6.45, 7) is 10.9. The molecule has 0 spiro atoms. The van der Waals surface area contributed by atoms with Gasteiger partial charge in [-0.1, -0.05) is 20.3 Å². The average molecular weight is 237 g/mol. The molecule has 0 atom stereocenters. The number of hydrogen-bond donors (Lipinski definition) is 1. The first-order valence-corrected chi connectivity index (χ1v) is 6.78. The van der Waals surface area contributed by atoms with Crippen molar-refractivity contribution < 1.29 is 0 Å². The summed E-state index contributed by atoms with van der Waals surface area (Å²) in [5.74, 6) is 2.01. The van der Waals surface area contributed by atoms with E-state index in [1.54, 1.807) is 0 Å². The van der Waals surface area contributed by atoms with Gasteiger partial charge in [-0.3, -0.25) is 0 Å². The molecule has 3 nitrogen and oxygen atoms in total. The Bertz CT molecular complexity index is 358. The van der Waals surface area contributed by atoms with Gasteiger partial charge in [0.25, 0.3) is 0 Å². The Morgan fingerprint density at radius 2 is 1.76 bits per heavy atom. The van der Waals surface area contributed by atoms with Crippen LogP contribution in [0.4, 0.5) is 5.82 Å². The van der Waals surface area contributed by atoms with E-state index in [-0.39, 0.29) is 5.54 Å². The molecule has 0 aliphatic heterocycles. The third-order valence-electron chi connectivity index (χ3n) is 2.97. The second-order valence-electron chi connectivity index (χ2n) is 5.72. The highest BCUT2D eigenvalue weighted by Crippen LogP contribution is 2.26. The van der Waals surface area contributed by atoms with Gasteiger partial charge < -0.3 is 10.3 Å². The highest BCUT2D eigenvalue weighted by Gasteiger charge is 2.22. The van der Waals surface area contributed by atoms with Crippen molar-refractivity contribution in [3.05, 3.63) is 11.5 Å². The van der Waals surface area contributed by atoms with Crippen LogP contribution in [0.2, 0.25) is 0 Å². The first-order valence-electron chi connectivity index (χ1n) is 6.78. The Kier molecular flexibility index (Phi) is 4.61. The summed E-state index contributed by atoms with van der Waals surface area (Å²) in [5.41, 5.74) is 7.37. The van der Waals surface area contributed by atoms with E-state index < -0.39 is 0 Å². The molecule has 2 N–H and O–H groups in total. The van der Waals surface area contributed by atoms with Crippen molar-refractivity contribution in [2.45, 2.75) is 72.3 Å². The monoisotopic (exact) mass is 237 g/mol. The first-order chi connectivity index (χ1) is 7.91. The number of aromatic nitrogens is 2. The van der Waals surface area contributed by atoms with Crippen LogP contribution >= 0.6 is 0 Å². The molecule has 0 aliphatic rings. The number of aryl methyl sites for hydroxylation is 2. The number of imidazole rings is 1. The number of unbranched alkanes of at least 4 members (excludes halogenated alkanes) is 1. The van der Waals surface area contributed by atoms with Crippen molar-refractivity contribution in [1.29, 1.82) is 0 Å². The third-order valence-corrected chi connectivity index (χ3v) is 2.97. The van der Waals surface area contributed by atoms with Crippen molar-refractivity contribution >= 4 is 5.82 Å². The normalized spacial score (nSPS) is 12.1. The summed E-state index contributed by atoms with van der Waals surface area (Å²) in [6, 6.07) is 0. The van der Waals surface area contributed by atoms with Gasteiger partial charge >= 0.3 is 0 Å². The van der Waals surface area contributed by atoms with E-state index in [4.69, 9.17) is 10.7 Å². The molecule has 0 aromatic carbocycles. The molecule has 98 valence electrons. The molecule has 1 aromatic heterocycles. The highest BCUT2D eigenvalue weighted by molar-refractivity contribution is 5.39. The van der Waals surface area contributed by atoms with Gasteiger partial charge in [0.2, 0.25) is 0 Å². The Morgan fingerprint density at radius 1 is 1.12 bits per heavy atom. The Hall–Kier alpha value is -0.990. The summed E-state index contributed by atoms with van der Waals surface area (Å²) < 4.78 is 2.21. The lowest BCUT2D eigenvalue weighted by molar-refractivity contribution is 0.387. The minimum atomic E-state index is 0.0199. The number of nitrogen functional groups attached to an aromatic ring is 1. The summed E-state index contributed by atoms with van der Waals surface area (Å²) >= 11 is 0. The second-order valence-corrected chi connectivity index (χ2v) is 5.72. The van der Waals surface area contributed by atoms with Crippen molar-refractivity contribution in [2.24, 2.45) is 0 Å². The minimum absolute atomic E-state index is 0.0199. The number of rotatable bonds is 5. The molecule has 0 unspecified atom stereocenters. The molecule has 0 aliphatic carbocycles. The smallest absolute Gasteiger partial charge is 0.127 e. The fraction of sp³-hybridized carbons (Fsp3) is 0.786. The summed E-state index contributed by atoms with van der Waals surface area (Å²) in [6.07, 6.45) is 5.47. The molecule has 0 radical (unpaired) electrons. The van der Waals surface area contributed by atoms with Crippen LogP contribution in [0.5, 0.6) is 0 Å². The Labute approximate surface area is 105 Å². The predicted octanol–water partition coefficient (Wildman–Crippen LogP) is 3.52. The van der Waals surface area contributed by atoms with Gasteiger partial charge in [-0.25, -0.2) is 4.98 Å². The van der Waals surface area contributed by atoms with Crippen LogP contribution in [0.3, 0.4) is 0 Å². The SMILES string of the molecule is CCCCc1nc(CCC)n(C(C)(C)C)c1N. The van der Waals surface area contributed by atoms with Gasteiger partial charge in [0.05, 0.1) is 5.69 Å². The van der Waals surface area contributed by atoms with Crippen molar-refractivity contribution in [3.8, 4) is 0 Å². The molecule has 0 fully saturated rings. The predicted molar refractivity (Wildman–Crippen MR) is 74.2 cm³/mol. The van der Waals surface area contributed by atoms with E-state index in [2.05, 4.69) is 39.2 Å². The lowest BCUT2D eigenvalue weighted by Gasteiger charge is -2.25. The fourth-order valence-corrected chi connectivity index (χ4v) is 2.20. The summed E-state index contributed by atoms with van der Waals surface area (Å²) in [7, 11) is 0. The molecule has 0 saturated heterocycles. The van der Waals surface area contributed by atoms with Gasteiger partial charge in [-0.2, -0.15) is 0 Å². The molecule has 0 bridgehead atoms. The van der Waals surface area contributed by atoms with E-state index in [9.17, 15) is 0 Å². The summed E-state index contributed by atoms with van der Waals surface area (Å²) in [4.78, 5) is 4.74. The average Bonchev–Trinajstić information content (AvgIpc) is 2.52. The van der Waals surface area contributed by atoms with Crippen LogP contribution in [0, 0.1) is 0 Å². The fourth-order valence-electron chi connectivity index (χ4n) is 2.20. The maximum atomic E-state index is 6.26. The van der Waals surface area contributed by atoms with Gasteiger partial charge in [-0.05, 0) is 40.0 Å². The van der Waals surface area contributed by atoms with Gasteiger partial charge in [-0.15, -0.1) is 0 Å². The third kappa shape index (κ3) is 3.24. The summed E-state index contributed by atoms with van der Waals surface area (Å²) in [5, 5.41) is 0. The van der Waals surface area contributed by atoms with Gasteiger partial charge in [0.15, 0.2) is 0 Å². The zero-order valence-electron chi connectivity index (χ0n) is 12.0. The van der Waals surface area contributed by atoms with Crippen LogP contribution in [0.1, 0.15) is 65.4 Å². The molecule has 0 amide bonds. The topological polar surface area (TPSA) is 43.8 Å².